The number of rotatable bonds is 3. The highest BCUT2D eigenvalue weighted by atomic mass is 79.9. The molecular weight excluding hydrogens is 264 g/mol. The largest absolute Gasteiger partial charge is 0.507 e. The van der Waals surface area contributed by atoms with Gasteiger partial charge in [0, 0.05) is 5.56 Å². The van der Waals surface area contributed by atoms with Crippen molar-refractivity contribution in [3.05, 3.63) is 22.2 Å². The quantitative estimate of drug-likeness (QED) is 0.888. The summed E-state index contributed by atoms with van der Waals surface area (Å²) in [5.74, 6) is -1.25. The molecule has 5 heteroatoms. The smallest absolute Gasteiger partial charge is 0.310 e. The van der Waals surface area contributed by atoms with Gasteiger partial charge in [0.25, 0.3) is 0 Å². The standard InChI is InChI=1S/C10H11BrO4/c1-5(10(13)14)6-3-4-7(12)8(11)9(6)15-2/h3-5,12H,1-2H3,(H,13,14). The second kappa shape index (κ2) is 4.53. The normalized spacial score (nSPS) is 12.2. The van der Waals surface area contributed by atoms with Crippen LogP contribution < -0.4 is 4.74 Å². The van der Waals surface area contributed by atoms with Gasteiger partial charge in [-0.1, -0.05) is 6.07 Å². The average molecular weight is 275 g/mol. The first-order valence-corrected chi connectivity index (χ1v) is 5.06. The third-order valence-corrected chi connectivity index (χ3v) is 2.91. The third-order valence-electron chi connectivity index (χ3n) is 2.15. The summed E-state index contributed by atoms with van der Waals surface area (Å²) in [6, 6.07) is 2.97. The summed E-state index contributed by atoms with van der Waals surface area (Å²) in [6.07, 6.45) is 0. The van der Waals surface area contributed by atoms with Crippen LogP contribution in [0.2, 0.25) is 0 Å². The van der Waals surface area contributed by atoms with Gasteiger partial charge in [0.2, 0.25) is 0 Å². The molecule has 2 N–H and O–H groups in total. The van der Waals surface area contributed by atoms with E-state index < -0.39 is 11.9 Å². The van der Waals surface area contributed by atoms with Crippen LogP contribution in [0.5, 0.6) is 11.5 Å². The maximum absolute atomic E-state index is 10.8. The highest BCUT2D eigenvalue weighted by Gasteiger charge is 2.21. The Hall–Kier alpha value is -1.23. The fourth-order valence-corrected chi connectivity index (χ4v) is 1.77. The fraction of sp³-hybridized carbons (Fsp3) is 0.300. The molecule has 0 amide bonds. The van der Waals surface area contributed by atoms with E-state index in [0.717, 1.165) is 0 Å². The molecule has 1 unspecified atom stereocenters. The number of halogens is 1. The Kier molecular flexibility index (Phi) is 3.57. The molecule has 0 aliphatic rings. The summed E-state index contributed by atoms with van der Waals surface area (Å²) < 4.78 is 5.43. The Balaban J connectivity index is 3.30. The minimum atomic E-state index is -0.939. The van der Waals surface area contributed by atoms with Gasteiger partial charge in [-0.15, -0.1) is 0 Å². The predicted molar refractivity (Wildman–Crippen MR) is 58.4 cm³/mol. The highest BCUT2D eigenvalue weighted by molar-refractivity contribution is 9.10. The number of carboxylic acids is 1. The maximum Gasteiger partial charge on any atom is 0.310 e. The van der Waals surface area contributed by atoms with Gasteiger partial charge in [-0.05, 0) is 28.9 Å². The maximum atomic E-state index is 10.8. The van der Waals surface area contributed by atoms with Crippen LogP contribution in [0, 0.1) is 0 Å². The molecule has 4 nitrogen and oxygen atoms in total. The van der Waals surface area contributed by atoms with Gasteiger partial charge in [-0.3, -0.25) is 4.79 Å². The van der Waals surface area contributed by atoms with Crippen molar-refractivity contribution in [3.63, 3.8) is 0 Å². The molecule has 1 rings (SSSR count). The lowest BCUT2D eigenvalue weighted by Gasteiger charge is -2.14. The molecule has 0 fully saturated rings. The SMILES string of the molecule is COc1c(C(C)C(=O)O)ccc(O)c1Br. The van der Waals surface area contributed by atoms with Gasteiger partial charge in [0.1, 0.15) is 16.0 Å². The van der Waals surface area contributed by atoms with Gasteiger partial charge in [0.05, 0.1) is 13.0 Å². The van der Waals surface area contributed by atoms with Crippen LogP contribution in [-0.2, 0) is 4.79 Å². The van der Waals surface area contributed by atoms with Crippen LogP contribution in [0.3, 0.4) is 0 Å². The summed E-state index contributed by atoms with van der Waals surface area (Å²) in [5, 5.41) is 18.3. The minimum Gasteiger partial charge on any atom is -0.507 e. The average Bonchev–Trinajstić information content (AvgIpc) is 2.20. The van der Waals surface area contributed by atoms with Gasteiger partial charge in [0.15, 0.2) is 0 Å². The number of ether oxygens (including phenoxy) is 1. The monoisotopic (exact) mass is 274 g/mol. The Morgan fingerprint density at radius 2 is 2.13 bits per heavy atom. The molecular formula is C10H11BrO4. The zero-order valence-corrected chi connectivity index (χ0v) is 9.91. The molecule has 0 aliphatic heterocycles. The van der Waals surface area contributed by atoms with Crippen molar-refractivity contribution in [1.29, 1.82) is 0 Å². The van der Waals surface area contributed by atoms with E-state index >= 15 is 0 Å². The van der Waals surface area contributed by atoms with Crippen LogP contribution in [-0.4, -0.2) is 23.3 Å². The topological polar surface area (TPSA) is 66.8 Å². The Morgan fingerprint density at radius 3 is 2.60 bits per heavy atom. The summed E-state index contributed by atoms with van der Waals surface area (Å²) in [5.41, 5.74) is 0.523. The minimum absolute atomic E-state index is 0.0215. The summed E-state index contributed by atoms with van der Waals surface area (Å²) in [6.45, 7) is 1.56. The number of hydrogen-bond acceptors (Lipinski definition) is 3. The number of methoxy groups -OCH3 is 1. The van der Waals surface area contributed by atoms with Crippen LogP contribution in [0.15, 0.2) is 16.6 Å². The summed E-state index contributed by atoms with van der Waals surface area (Å²) in [4.78, 5) is 10.8. The summed E-state index contributed by atoms with van der Waals surface area (Å²) in [7, 11) is 1.43. The molecule has 0 aromatic heterocycles. The van der Waals surface area contributed by atoms with E-state index in [2.05, 4.69) is 15.9 Å². The molecule has 0 spiro atoms. The molecule has 0 saturated heterocycles. The van der Waals surface area contributed by atoms with E-state index in [4.69, 9.17) is 9.84 Å². The molecule has 0 saturated carbocycles. The second-order valence-electron chi connectivity index (χ2n) is 3.08. The first kappa shape index (κ1) is 11.8. The number of hydrogen-bond donors (Lipinski definition) is 2. The predicted octanol–water partition coefficient (Wildman–Crippen LogP) is 2.35. The third kappa shape index (κ3) is 2.23. The number of phenols is 1. The van der Waals surface area contributed by atoms with E-state index in [-0.39, 0.29) is 5.75 Å². The van der Waals surface area contributed by atoms with Crippen LogP contribution in [0.25, 0.3) is 0 Å². The van der Waals surface area contributed by atoms with Crippen molar-refractivity contribution in [3.8, 4) is 11.5 Å². The number of benzene rings is 1. The Bertz CT molecular complexity index is 389. The molecule has 0 radical (unpaired) electrons. The van der Waals surface area contributed by atoms with Crippen LogP contribution in [0.1, 0.15) is 18.4 Å². The van der Waals surface area contributed by atoms with E-state index in [0.29, 0.717) is 15.8 Å². The number of phenolic OH excluding ortho intramolecular Hbond substituents is 1. The molecule has 0 aliphatic carbocycles. The van der Waals surface area contributed by atoms with E-state index in [9.17, 15) is 9.90 Å². The first-order valence-electron chi connectivity index (χ1n) is 4.27. The Morgan fingerprint density at radius 1 is 1.53 bits per heavy atom. The van der Waals surface area contributed by atoms with Crippen LogP contribution in [0.4, 0.5) is 0 Å². The Labute approximate surface area is 95.6 Å². The van der Waals surface area contributed by atoms with Gasteiger partial charge < -0.3 is 14.9 Å². The van der Waals surface area contributed by atoms with Crippen molar-refractivity contribution >= 4 is 21.9 Å². The highest BCUT2D eigenvalue weighted by Crippen LogP contribution is 2.39. The van der Waals surface area contributed by atoms with Crippen molar-refractivity contribution < 1.29 is 19.7 Å². The van der Waals surface area contributed by atoms with E-state index in [1.807, 2.05) is 0 Å². The molecule has 1 atom stereocenters. The molecule has 1 aromatic rings. The number of carbonyl (C=O) groups is 1. The van der Waals surface area contributed by atoms with E-state index in [1.165, 1.54) is 19.2 Å². The number of aromatic hydroxyl groups is 1. The van der Waals surface area contributed by atoms with Gasteiger partial charge >= 0.3 is 5.97 Å². The fourth-order valence-electron chi connectivity index (χ4n) is 1.24. The van der Waals surface area contributed by atoms with Crippen molar-refractivity contribution in [1.82, 2.24) is 0 Å². The molecule has 82 valence electrons. The van der Waals surface area contributed by atoms with Gasteiger partial charge in [-0.2, -0.15) is 0 Å². The van der Waals surface area contributed by atoms with Crippen molar-refractivity contribution in [2.75, 3.05) is 7.11 Å². The van der Waals surface area contributed by atoms with Gasteiger partial charge in [-0.25, -0.2) is 0 Å². The van der Waals surface area contributed by atoms with Crippen molar-refractivity contribution in [2.45, 2.75) is 12.8 Å². The summed E-state index contributed by atoms with van der Waals surface area (Å²) >= 11 is 3.14. The lowest BCUT2D eigenvalue weighted by atomic mass is 10.0. The lowest BCUT2D eigenvalue weighted by molar-refractivity contribution is -0.138. The number of carboxylic acid groups (broad SMARTS) is 1. The molecule has 0 heterocycles. The zero-order valence-electron chi connectivity index (χ0n) is 8.32. The molecule has 15 heavy (non-hydrogen) atoms. The van der Waals surface area contributed by atoms with E-state index in [1.54, 1.807) is 6.92 Å². The van der Waals surface area contributed by atoms with Crippen LogP contribution >= 0.6 is 15.9 Å². The molecule has 0 bridgehead atoms. The second-order valence-corrected chi connectivity index (χ2v) is 3.87. The molecule has 1 aromatic carbocycles. The van der Waals surface area contributed by atoms with Crippen molar-refractivity contribution in [2.24, 2.45) is 0 Å². The lowest BCUT2D eigenvalue weighted by Crippen LogP contribution is -2.09. The first-order chi connectivity index (χ1) is 6.99. The number of aliphatic carboxylic acids is 1. The zero-order chi connectivity index (χ0) is 11.6.